The summed E-state index contributed by atoms with van der Waals surface area (Å²) in [5, 5.41) is 11.9. The first-order valence-electron chi connectivity index (χ1n) is 8.77. The molecule has 1 amide bonds. The van der Waals surface area contributed by atoms with E-state index in [-0.39, 0.29) is 18.7 Å². The largest absolute Gasteiger partial charge is 0.445 e. The first-order chi connectivity index (χ1) is 11.7. The molecule has 24 heavy (non-hydrogen) atoms. The van der Waals surface area contributed by atoms with Gasteiger partial charge in [0.05, 0.1) is 12.6 Å². The average Bonchev–Trinajstić information content (AvgIpc) is 2.59. The Balaban J connectivity index is 1.82. The molecule has 1 N–H and O–H groups in total. The topological polar surface area (TPSA) is 65.4 Å². The first-order valence-corrected chi connectivity index (χ1v) is 8.77. The molecule has 0 radical (unpaired) electrons. The standard InChI is InChI=1S/C19H27N3O2/c1-2-3-7-17-12-18(14-22(13-17)11-10-20)21-19(23)24-15-16-8-5-4-6-9-16/h4-6,8-9,17-18H,2-3,7,11-15H2,1H3,(H,21,23). The van der Waals surface area contributed by atoms with E-state index < -0.39 is 0 Å². The smallest absolute Gasteiger partial charge is 0.407 e. The molecule has 0 saturated carbocycles. The van der Waals surface area contributed by atoms with Crippen LogP contribution in [-0.4, -0.2) is 36.7 Å². The van der Waals surface area contributed by atoms with E-state index in [0.29, 0.717) is 12.5 Å². The summed E-state index contributed by atoms with van der Waals surface area (Å²) in [6, 6.07) is 11.9. The molecule has 5 heteroatoms. The summed E-state index contributed by atoms with van der Waals surface area (Å²) in [6.07, 6.45) is 4.09. The number of unbranched alkanes of at least 4 members (excludes halogenated alkanes) is 1. The fourth-order valence-corrected chi connectivity index (χ4v) is 3.27. The normalized spacial score (nSPS) is 21.0. The minimum Gasteiger partial charge on any atom is -0.445 e. The molecule has 0 bridgehead atoms. The van der Waals surface area contributed by atoms with Crippen LogP contribution in [0.1, 0.15) is 38.2 Å². The Morgan fingerprint density at radius 3 is 2.88 bits per heavy atom. The van der Waals surface area contributed by atoms with Crippen LogP contribution in [0.3, 0.4) is 0 Å². The number of ether oxygens (including phenoxy) is 1. The highest BCUT2D eigenvalue weighted by atomic mass is 16.5. The average molecular weight is 329 g/mol. The van der Waals surface area contributed by atoms with E-state index in [1.165, 1.54) is 12.8 Å². The second-order valence-corrected chi connectivity index (χ2v) is 6.50. The van der Waals surface area contributed by atoms with Crippen molar-refractivity contribution in [1.82, 2.24) is 10.2 Å². The Morgan fingerprint density at radius 2 is 2.17 bits per heavy atom. The first kappa shape index (κ1) is 18.3. The minimum absolute atomic E-state index is 0.0530. The number of nitriles is 1. The quantitative estimate of drug-likeness (QED) is 0.779. The van der Waals surface area contributed by atoms with E-state index in [4.69, 9.17) is 10.00 Å². The summed E-state index contributed by atoms with van der Waals surface area (Å²) in [5.41, 5.74) is 0.975. The molecule has 5 nitrogen and oxygen atoms in total. The third-order valence-corrected chi connectivity index (χ3v) is 4.41. The van der Waals surface area contributed by atoms with Gasteiger partial charge in [-0.15, -0.1) is 0 Å². The summed E-state index contributed by atoms with van der Waals surface area (Å²) >= 11 is 0. The lowest BCUT2D eigenvalue weighted by atomic mass is 9.90. The molecule has 2 atom stereocenters. The maximum atomic E-state index is 12.1. The Bertz CT molecular complexity index is 541. The van der Waals surface area contributed by atoms with E-state index in [1.807, 2.05) is 30.3 Å². The number of nitrogens with one attached hydrogen (secondary N) is 1. The molecular weight excluding hydrogens is 302 g/mol. The lowest BCUT2D eigenvalue weighted by Crippen LogP contribution is -2.51. The minimum atomic E-state index is -0.378. The van der Waals surface area contributed by atoms with Gasteiger partial charge in [0.1, 0.15) is 6.61 Å². The van der Waals surface area contributed by atoms with Crippen molar-refractivity contribution in [2.24, 2.45) is 5.92 Å². The molecule has 1 aromatic carbocycles. The maximum absolute atomic E-state index is 12.1. The van der Waals surface area contributed by atoms with Gasteiger partial charge in [-0.25, -0.2) is 4.79 Å². The Kier molecular flexibility index (Phi) is 7.57. The van der Waals surface area contributed by atoms with Gasteiger partial charge in [0.15, 0.2) is 0 Å². The van der Waals surface area contributed by atoms with Gasteiger partial charge in [-0.1, -0.05) is 50.1 Å². The molecule has 1 aromatic rings. The Labute approximate surface area is 144 Å². The van der Waals surface area contributed by atoms with Gasteiger partial charge in [0.25, 0.3) is 0 Å². The summed E-state index contributed by atoms with van der Waals surface area (Å²) in [7, 11) is 0. The Hall–Kier alpha value is -2.06. The highest BCUT2D eigenvalue weighted by Crippen LogP contribution is 2.22. The number of carbonyl (C=O) groups is 1. The molecule has 1 heterocycles. The zero-order valence-electron chi connectivity index (χ0n) is 14.4. The summed E-state index contributed by atoms with van der Waals surface area (Å²) < 4.78 is 5.31. The number of nitrogens with zero attached hydrogens (tertiary/aromatic N) is 2. The number of carbonyl (C=O) groups excluding carboxylic acids is 1. The highest BCUT2D eigenvalue weighted by molar-refractivity contribution is 5.67. The van der Waals surface area contributed by atoms with Crippen molar-refractivity contribution in [3.63, 3.8) is 0 Å². The molecule has 2 unspecified atom stereocenters. The molecule has 2 rings (SSSR count). The number of hydrogen-bond donors (Lipinski definition) is 1. The highest BCUT2D eigenvalue weighted by Gasteiger charge is 2.28. The Morgan fingerprint density at radius 1 is 1.38 bits per heavy atom. The fourth-order valence-electron chi connectivity index (χ4n) is 3.27. The molecule has 1 aliphatic rings. The summed E-state index contributed by atoms with van der Waals surface area (Å²) in [6.45, 7) is 4.55. The zero-order chi connectivity index (χ0) is 17.2. The number of hydrogen-bond acceptors (Lipinski definition) is 4. The number of amides is 1. The second-order valence-electron chi connectivity index (χ2n) is 6.50. The van der Waals surface area contributed by atoms with Crippen LogP contribution in [-0.2, 0) is 11.3 Å². The van der Waals surface area contributed by atoms with Crippen LogP contribution in [0.4, 0.5) is 4.79 Å². The lowest BCUT2D eigenvalue weighted by Gasteiger charge is -2.36. The SMILES string of the molecule is CCCCC1CC(NC(=O)OCc2ccccc2)CN(CC#N)C1. The number of piperidine rings is 1. The van der Waals surface area contributed by atoms with E-state index in [1.54, 1.807) is 0 Å². The van der Waals surface area contributed by atoms with Crippen LogP contribution in [0.2, 0.25) is 0 Å². The molecular formula is C19H27N3O2. The molecule has 0 aliphatic carbocycles. The summed E-state index contributed by atoms with van der Waals surface area (Å²) in [4.78, 5) is 14.2. The third-order valence-electron chi connectivity index (χ3n) is 4.41. The van der Waals surface area contributed by atoms with Gasteiger partial charge in [0, 0.05) is 19.1 Å². The van der Waals surface area contributed by atoms with E-state index >= 15 is 0 Å². The van der Waals surface area contributed by atoms with Gasteiger partial charge >= 0.3 is 6.09 Å². The number of likely N-dealkylation sites (tertiary alicyclic amines) is 1. The molecule has 1 saturated heterocycles. The molecule has 1 fully saturated rings. The van der Waals surface area contributed by atoms with E-state index in [0.717, 1.165) is 31.5 Å². The van der Waals surface area contributed by atoms with Gasteiger partial charge in [-0.2, -0.15) is 5.26 Å². The van der Waals surface area contributed by atoms with Crippen LogP contribution in [0, 0.1) is 17.2 Å². The van der Waals surface area contributed by atoms with Gasteiger partial charge in [-0.3, -0.25) is 4.90 Å². The van der Waals surface area contributed by atoms with E-state index in [2.05, 4.69) is 23.2 Å². The van der Waals surface area contributed by atoms with Crippen LogP contribution in [0.5, 0.6) is 0 Å². The zero-order valence-corrected chi connectivity index (χ0v) is 14.4. The summed E-state index contributed by atoms with van der Waals surface area (Å²) in [5.74, 6) is 0.534. The third kappa shape index (κ3) is 6.21. The maximum Gasteiger partial charge on any atom is 0.407 e. The number of benzene rings is 1. The monoisotopic (exact) mass is 329 g/mol. The predicted octanol–water partition coefficient (Wildman–Crippen LogP) is 3.32. The molecule has 0 aromatic heterocycles. The van der Waals surface area contributed by atoms with Crippen molar-refractivity contribution >= 4 is 6.09 Å². The molecule has 1 aliphatic heterocycles. The van der Waals surface area contributed by atoms with Crippen molar-refractivity contribution in [3.05, 3.63) is 35.9 Å². The van der Waals surface area contributed by atoms with Gasteiger partial charge in [0.2, 0.25) is 0 Å². The van der Waals surface area contributed by atoms with Gasteiger partial charge < -0.3 is 10.1 Å². The van der Waals surface area contributed by atoms with E-state index in [9.17, 15) is 4.79 Å². The molecule has 0 spiro atoms. The second kappa shape index (κ2) is 9.94. The lowest BCUT2D eigenvalue weighted by molar-refractivity contribution is 0.113. The number of alkyl carbamates (subject to hydrolysis) is 1. The van der Waals surface area contributed by atoms with Crippen molar-refractivity contribution in [3.8, 4) is 6.07 Å². The molecule has 130 valence electrons. The van der Waals surface area contributed by atoms with Crippen LogP contribution < -0.4 is 5.32 Å². The van der Waals surface area contributed by atoms with Crippen LogP contribution in [0.25, 0.3) is 0 Å². The predicted molar refractivity (Wildman–Crippen MR) is 93.2 cm³/mol. The van der Waals surface area contributed by atoms with Crippen molar-refractivity contribution < 1.29 is 9.53 Å². The van der Waals surface area contributed by atoms with Crippen LogP contribution >= 0.6 is 0 Å². The fraction of sp³-hybridized carbons (Fsp3) is 0.579. The van der Waals surface area contributed by atoms with Crippen LogP contribution in [0.15, 0.2) is 30.3 Å². The van der Waals surface area contributed by atoms with Crippen molar-refractivity contribution in [2.45, 2.75) is 45.3 Å². The van der Waals surface area contributed by atoms with Gasteiger partial charge in [-0.05, 0) is 24.3 Å². The van der Waals surface area contributed by atoms with Crippen molar-refractivity contribution in [2.75, 3.05) is 19.6 Å². The van der Waals surface area contributed by atoms with Crippen molar-refractivity contribution in [1.29, 1.82) is 5.26 Å². The number of rotatable bonds is 7.